The Morgan fingerprint density at radius 2 is 1.82 bits per heavy atom. The molecule has 2 nitrogen and oxygen atoms in total. The van der Waals surface area contributed by atoms with Gasteiger partial charge in [-0.25, -0.2) is 0 Å². The predicted molar refractivity (Wildman–Crippen MR) is 74.7 cm³/mol. The fraction of sp³-hybridized carbons (Fsp3) is 0.286. The Morgan fingerprint density at radius 3 is 2.47 bits per heavy atom. The van der Waals surface area contributed by atoms with Crippen LogP contribution in [0.3, 0.4) is 0 Å². The maximum Gasteiger partial charge on any atom is 0.229 e. The van der Waals surface area contributed by atoms with E-state index in [0.717, 1.165) is 16.9 Å². The Balaban J connectivity index is 2.62. The molecule has 0 aromatic heterocycles. The van der Waals surface area contributed by atoms with Gasteiger partial charge in [0.2, 0.25) is 9.04 Å². The minimum atomic E-state index is -1.10. The molecule has 0 fully saturated rings. The first kappa shape index (κ1) is 12.0. The van der Waals surface area contributed by atoms with Crippen LogP contribution in [0.15, 0.2) is 30.3 Å². The minimum Gasteiger partial charge on any atom is -0.546 e. The molecule has 2 aromatic carbocycles. The van der Waals surface area contributed by atoms with E-state index in [9.17, 15) is 0 Å². The zero-order chi connectivity index (χ0) is 12.4. The van der Waals surface area contributed by atoms with Gasteiger partial charge in [0.1, 0.15) is 11.5 Å². The van der Waals surface area contributed by atoms with Crippen LogP contribution < -0.4 is 9.16 Å². The number of ether oxygens (including phenoxy) is 1. The van der Waals surface area contributed by atoms with Crippen LogP contribution in [0.2, 0.25) is 13.1 Å². The summed E-state index contributed by atoms with van der Waals surface area (Å²) in [6.45, 7) is 6.43. The van der Waals surface area contributed by atoms with Gasteiger partial charge in [0.05, 0.1) is 7.11 Å². The van der Waals surface area contributed by atoms with Crippen molar-refractivity contribution in [1.82, 2.24) is 0 Å². The van der Waals surface area contributed by atoms with E-state index in [2.05, 4.69) is 44.3 Å². The molecule has 2 aromatic rings. The van der Waals surface area contributed by atoms with E-state index in [1.807, 2.05) is 6.07 Å². The summed E-state index contributed by atoms with van der Waals surface area (Å²) in [5.74, 6) is 1.80. The summed E-state index contributed by atoms with van der Waals surface area (Å²) < 4.78 is 11.3. The van der Waals surface area contributed by atoms with Crippen LogP contribution >= 0.6 is 0 Å². The van der Waals surface area contributed by atoms with Crippen molar-refractivity contribution in [2.24, 2.45) is 0 Å². The smallest absolute Gasteiger partial charge is 0.229 e. The number of rotatable bonds is 3. The van der Waals surface area contributed by atoms with E-state index in [4.69, 9.17) is 9.16 Å². The second-order valence-electron chi connectivity index (χ2n) is 4.52. The molecule has 0 bridgehead atoms. The van der Waals surface area contributed by atoms with Crippen molar-refractivity contribution in [1.29, 1.82) is 0 Å². The Morgan fingerprint density at radius 1 is 1.06 bits per heavy atom. The average molecular weight is 246 g/mol. The lowest BCUT2D eigenvalue weighted by molar-refractivity contribution is 0.413. The van der Waals surface area contributed by atoms with E-state index in [1.54, 1.807) is 7.11 Å². The lowest BCUT2D eigenvalue weighted by Gasteiger charge is -2.14. The number of hydrogen-bond donors (Lipinski definition) is 0. The third-order valence-electron chi connectivity index (χ3n) is 2.64. The molecule has 0 saturated carbocycles. The van der Waals surface area contributed by atoms with Gasteiger partial charge in [-0.05, 0) is 31.5 Å². The van der Waals surface area contributed by atoms with Gasteiger partial charge < -0.3 is 9.16 Å². The topological polar surface area (TPSA) is 18.5 Å². The summed E-state index contributed by atoms with van der Waals surface area (Å²) in [6.07, 6.45) is 0. The maximum atomic E-state index is 5.97. The van der Waals surface area contributed by atoms with Crippen molar-refractivity contribution in [3.63, 3.8) is 0 Å². The fourth-order valence-corrected chi connectivity index (χ4v) is 2.60. The molecule has 0 atom stereocenters. The van der Waals surface area contributed by atoms with Crippen molar-refractivity contribution in [3.05, 3.63) is 35.9 Å². The van der Waals surface area contributed by atoms with Crippen molar-refractivity contribution >= 4 is 19.8 Å². The van der Waals surface area contributed by atoms with E-state index in [0.29, 0.717) is 0 Å². The first-order chi connectivity index (χ1) is 8.10. The molecular formula is C14H18O2Si. The molecule has 0 saturated heterocycles. The molecule has 0 heterocycles. The third kappa shape index (κ3) is 2.61. The number of benzene rings is 2. The first-order valence-electron chi connectivity index (χ1n) is 5.85. The molecule has 0 aliphatic carbocycles. The summed E-state index contributed by atoms with van der Waals surface area (Å²) in [6, 6.07) is 10.4. The number of methoxy groups -OCH3 is 1. The molecule has 3 heteroatoms. The SMILES string of the molecule is COc1cc(O[SiH](C)C)c2ccc(C)cc2c1. The van der Waals surface area contributed by atoms with Crippen LogP contribution in [-0.4, -0.2) is 16.2 Å². The summed E-state index contributed by atoms with van der Waals surface area (Å²) in [4.78, 5) is 0. The first-order valence-corrected chi connectivity index (χ1v) is 8.63. The van der Waals surface area contributed by atoms with Crippen LogP contribution in [-0.2, 0) is 0 Å². The highest BCUT2D eigenvalue weighted by Gasteiger charge is 2.07. The molecule has 2 rings (SSSR count). The monoisotopic (exact) mass is 246 g/mol. The quantitative estimate of drug-likeness (QED) is 0.771. The van der Waals surface area contributed by atoms with Gasteiger partial charge in [0.15, 0.2) is 0 Å². The van der Waals surface area contributed by atoms with Gasteiger partial charge in [-0.2, -0.15) is 0 Å². The Labute approximate surface area is 104 Å². The van der Waals surface area contributed by atoms with Crippen LogP contribution in [0.4, 0.5) is 0 Å². The summed E-state index contributed by atoms with van der Waals surface area (Å²) in [5, 5.41) is 2.34. The van der Waals surface area contributed by atoms with E-state index in [-0.39, 0.29) is 0 Å². The predicted octanol–water partition coefficient (Wildman–Crippen LogP) is 3.52. The Kier molecular flexibility index (Phi) is 3.38. The fourth-order valence-electron chi connectivity index (χ4n) is 1.90. The second-order valence-corrected chi connectivity index (χ2v) is 6.85. The number of fused-ring (bicyclic) bond motifs is 1. The van der Waals surface area contributed by atoms with E-state index in [1.165, 1.54) is 10.9 Å². The van der Waals surface area contributed by atoms with Gasteiger partial charge in [0.25, 0.3) is 0 Å². The van der Waals surface area contributed by atoms with Gasteiger partial charge in [-0.15, -0.1) is 0 Å². The summed E-state index contributed by atoms with van der Waals surface area (Å²) in [7, 11) is 0.584. The maximum absolute atomic E-state index is 5.97. The van der Waals surface area contributed by atoms with Crippen LogP contribution in [0.1, 0.15) is 5.56 Å². The molecule has 0 amide bonds. The highest BCUT2D eigenvalue weighted by Crippen LogP contribution is 2.32. The molecular weight excluding hydrogens is 228 g/mol. The highest BCUT2D eigenvalue weighted by atomic mass is 28.3. The Hall–Kier alpha value is -1.48. The zero-order valence-corrected chi connectivity index (χ0v) is 11.9. The van der Waals surface area contributed by atoms with Crippen molar-refractivity contribution in [2.75, 3.05) is 7.11 Å². The lowest BCUT2D eigenvalue weighted by Crippen LogP contribution is -2.11. The van der Waals surface area contributed by atoms with Crippen molar-refractivity contribution in [2.45, 2.75) is 20.0 Å². The van der Waals surface area contributed by atoms with Crippen molar-refractivity contribution < 1.29 is 9.16 Å². The highest BCUT2D eigenvalue weighted by molar-refractivity contribution is 6.49. The largest absolute Gasteiger partial charge is 0.546 e. The molecule has 0 aliphatic heterocycles. The van der Waals surface area contributed by atoms with Gasteiger partial charge in [-0.3, -0.25) is 0 Å². The second kappa shape index (κ2) is 4.80. The summed E-state index contributed by atoms with van der Waals surface area (Å²) >= 11 is 0. The molecule has 0 spiro atoms. The van der Waals surface area contributed by atoms with Crippen LogP contribution in [0, 0.1) is 6.92 Å². The molecule has 17 heavy (non-hydrogen) atoms. The zero-order valence-electron chi connectivity index (χ0n) is 10.8. The molecule has 0 unspecified atom stereocenters. The number of hydrogen-bond acceptors (Lipinski definition) is 2. The van der Waals surface area contributed by atoms with Gasteiger partial charge in [0, 0.05) is 11.5 Å². The van der Waals surface area contributed by atoms with Crippen LogP contribution in [0.5, 0.6) is 11.5 Å². The minimum absolute atomic E-state index is 0.854. The van der Waals surface area contributed by atoms with E-state index >= 15 is 0 Å². The van der Waals surface area contributed by atoms with Gasteiger partial charge in [-0.1, -0.05) is 23.8 Å². The third-order valence-corrected chi connectivity index (χ3v) is 3.37. The molecule has 0 aliphatic rings. The van der Waals surface area contributed by atoms with E-state index < -0.39 is 9.04 Å². The standard InChI is InChI=1S/C14H18O2Si/c1-10-5-6-13-11(7-10)8-12(15-2)9-14(13)16-17(3)4/h5-9,17H,1-4H3. The summed E-state index contributed by atoms with van der Waals surface area (Å²) in [5.41, 5.74) is 1.25. The van der Waals surface area contributed by atoms with Gasteiger partial charge >= 0.3 is 0 Å². The Bertz CT molecular complexity index is 535. The molecule has 90 valence electrons. The number of aryl methyl sites for hydroxylation is 1. The molecule has 0 radical (unpaired) electrons. The van der Waals surface area contributed by atoms with Crippen molar-refractivity contribution in [3.8, 4) is 11.5 Å². The average Bonchev–Trinajstić information content (AvgIpc) is 2.27. The van der Waals surface area contributed by atoms with Crippen LogP contribution in [0.25, 0.3) is 10.8 Å². The lowest BCUT2D eigenvalue weighted by atomic mass is 10.1. The normalized spacial score (nSPS) is 10.9. The molecule has 0 N–H and O–H groups in total.